The molecule has 2 aromatic heterocycles. The standard InChI is InChI=1S/C11H12N6/c1-7-3-4-13-11(9(7)5-12)16-8(2)10-14-6-15-17-10/h3-4,6,8H,1-2H3,(H,13,16)(H,14,15,17). The van der Waals surface area contributed by atoms with Gasteiger partial charge in [-0.3, -0.25) is 5.10 Å². The van der Waals surface area contributed by atoms with Gasteiger partial charge in [0.25, 0.3) is 0 Å². The minimum atomic E-state index is -0.0844. The average molecular weight is 228 g/mol. The van der Waals surface area contributed by atoms with E-state index in [0.29, 0.717) is 17.2 Å². The lowest BCUT2D eigenvalue weighted by Crippen LogP contribution is -2.11. The van der Waals surface area contributed by atoms with Crippen LogP contribution in [-0.2, 0) is 0 Å². The van der Waals surface area contributed by atoms with Crippen LogP contribution >= 0.6 is 0 Å². The number of anilines is 1. The fraction of sp³-hybridized carbons (Fsp3) is 0.273. The van der Waals surface area contributed by atoms with Gasteiger partial charge in [0.2, 0.25) is 0 Å². The van der Waals surface area contributed by atoms with Crippen molar-refractivity contribution in [2.24, 2.45) is 0 Å². The van der Waals surface area contributed by atoms with E-state index in [1.165, 1.54) is 6.33 Å². The molecule has 2 aromatic rings. The van der Waals surface area contributed by atoms with E-state index in [9.17, 15) is 0 Å². The summed E-state index contributed by atoms with van der Waals surface area (Å²) >= 11 is 0. The number of aromatic nitrogens is 4. The van der Waals surface area contributed by atoms with Crippen LogP contribution in [0.4, 0.5) is 5.82 Å². The van der Waals surface area contributed by atoms with Crippen LogP contribution in [0.1, 0.15) is 29.9 Å². The molecule has 0 aliphatic rings. The molecule has 2 N–H and O–H groups in total. The third-order valence-electron chi connectivity index (χ3n) is 2.47. The smallest absolute Gasteiger partial charge is 0.146 e. The highest BCUT2D eigenvalue weighted by molar-refractivity contribution is 5.55. The van der Waals surface area contributed by atoms with Gasteiger partial charge in [-0.1, -0.05) is 0 Å². The van der Waals surface area contributed by atoms with Crippen molar-refractivity contribution in [3.63, 3.8) is 0 Å². The summed E-state index contributed by atoms with van der Waals surface area (Å²) in [5, 5.41) is 18.8. The average Bonchev–Trinajstić information content (AvgIpc) is 2.82. The number of nitrogens with zero attached hydrogens (tertiary/aromatic N) is 4. The number of nitrogens with one attached hydrogen (secondary N) is 2. The van der Waals surface area contributed by atoms with Gasteiger partial charge in [-0.15, -0.1) is 0 Å². The molecular formula is C11H12N6. The van der Waals surface area contributed by atoms with Crippen molar-refractivity contribution >= 4 is 5.82 Å². The van der Waals surface area contributed by atoms with Crippen molar-refractivity contribution in [3.8, 4) is 6.07 Å². The molecule has 6 heteroatoms. The summed E-state index contributed by atoms with van der Waals surface area (Å²) in [4.78, 5) is 8.21. The summed E-state index contributed by atoms with van der Waals surface area (Å²) in [5.74, 6) is 1.27. The van der Waals surface area contributed by atoms with Crippen LogP contribution in [0.3, 0.4) is 0 Å². The summed E-state index contributed by atoms with van der Waals surface area (Å²) in [6.07, 6.45) is 3.12. The Morgan fingerprint density at radius 2 is 2.29 bits per heavy atom. The van der Waals surface area contributed by atoms with Gasteiger partial charge in [0, 0.05) is 6.20 Å². The van der Waals surface area contributed by atoms with Crippen LogP contribution in [0.25, 0.3) is 0 Å². The topological polar surface area (TPSA) is 90.3 Å². The third kappa shape index (κ3) is 2.23. The van der Waals surface area contributed by atoms with Gasteiger partial charge < -0.3 is 5.32 Å². The van der Waals surface area contributed by atoms with Crippen LogP contribution in [0.2, 0.25) is 0 Å². The molecule has 1 unspecified atom stereocenters. The number of hydrogen-bond acceptors (Lipinski definition) is 5. The van der Waals surface area contributed by atoms with Crippen molar-refractivity contribution in [2.75, 3.05) is 5.32 Å². The summed E-state index contributed by atoms with van der Waals surface area (Å²) in [6, 6.07) is 3.87. The number of aryl methyl sites for hydroxylation is 1. The second kappa shape index (κ2) is 4.61. The first-order chi connectivity index (χ1) is 8.22. The van der Waals surface area contributed by atoms with E-state index < -0.39 is 0 Å². The number of nitriles is 1. The lowest BCUT2D eigenvalue weighted by atomic mass is 10.1. The number of rotatable bonds is 3. The molecule has 0 fully saturated rings. The molecule has 0 aliphatic carbocycles. The van der Waals surface area contributed by atoms with Gasteiger partial charge in [0.15, 0.2) is 0 Å². The number of H-pyrrole nitrogens is 1. The van der Waals surface area contributed by atoms with Gasteiger partial charge >= 0.3 is 0 Å². The van der Waals surface area contributed by atoms with Crippen molar-refractivity contribution in [1.82, 2.24) is 20.2 Å². The molecule has 0 radical (unpaired) electrons. The molecule has 0 saturated carbocycles. The zero-order valence-electron chi connectivity index (χ0n) is 9.60. The van der Waals surface area contributed by atoms with E-state index in [1.54, 1.807) is 6.20 Å². The normalized spacial score (nSPS) is 11.8. The Labute approximate surface area is 98.7 Å². The highest BCUT2D eigenvalue weighted by Gasteiger charge is 2.12. The van der Waals surface area contributed by atoms with Crippen LogP contribution in [0.5, 0.6) is 0 Å². The molecule has 2 rings (SSSR count). The molecule has 0 amide bonds. The van der Waals surface area contributed by atoms with Crippen molar-refractivity contribution in [2.45, 2.75) is 19.9 Å². The molecule has 1 atom stereocenters. The summed E-state index contributed by atoms with van der Waals surface area (Å²) in [7, 11) is 0. The maximum atomic E-state index is 9.08. The Balaban J connectivity index is 2.25. The van der Waals surface area contributed by atoms with Crippen molar-refractivity contribution in [1.29, 1.82) is 5.26 Å². The SMILES string of the molecule is Cc1ccnc(NC(C)c2ncn[nH]2)c1C#N. The van der Waals surface area contributed by atoms with E-state index in [4.69, 9.17) is 5.26 Å². The Morgan fingerprint density at radius 1 is 1.47 bits per heavy atom. The van der Waals surface area contributed by atoms with Crippen LogP contribution in [-0.4, -0.2) is 20.2 Å². The van der Waals surface area contributed by atoms with E-state index in [1.807, 2.05) is 19.9 Å². The molecule has 86 valence electrons. The highest BCUT2D eigenvalue weighted by atomic mass is 15.2. The highest BCUT2D eigenvalue weighted by Crippen LogP contribution is 2.19. The lowest BCUT2D eigenvalue weighted by Gasteiger charge is -2.13. The van der Waals surface area contributed by atoms with Crippen molar-refractivity contribution in [3.05, 3.63) is 35.5 Å². The fourth-order valence-electron chi connectivity index (χ4n) is 1.51. The monoisotopic (exact) mass is 228 g/mol. The zero-order chi connectivity index (χ0) is 12.3. The summed E-state index contributed by atoms with van der Waals surface area (Å²) < 4.78 is 0. The van der Waals surface area contributed by atoms with E-state index in [-0.39, 0.29) is 6.04 Å². The summed E-state index contributed by atoms with van der Waals surface area (Å²) in [5.41, 5.74) is 1.45. The molecule has 0 saturated heterocycles. The van der Waals surface area contributed by atoms with E-state index in [0.717, 1.165) is 5.56 Å². The molecular weight excluding hydrogens is 216 g/mol. The Hall–Kier alpha value is -2.42. The number of aromatic amines is 1. The Kier molecular flexibility index (Phi) is 3.01. The van der Waals surface area contributed by atoms with Crippen LogP contribution in [0.15, 0.2) is 18.6 Å². The fourth-order valence-corrected chi connectivity index (χ4v) is 1.51. The summed E-state index contributed by atoms with van der Waals surface area (Å²) in [6.45, 7) is 3.80. The van der Waals surface area contributed by atoms with Crippen LogP contribution in [0, 0.1) is 18.3 Å². The Bertz CT molecular complexity index is 540. The minimum absolute atomic E-state index is 0.0844. The zero-order valence-corrected chi connectivity index (χ0v) is 9.60. The second-order valence-corrected chi connectivity index (χ2v) is 3.70. The van der Waals surface area contributed by atoms with Crippen molar-refractivity contribution < 1.29 is 0 Å². The first kappa shape index (κ1) is 11.1. The Morgan fingerprint density at radius 3 is 2.94 bits per heavy atom. The number of pyridine rings is 1. The molecule has 0 aromatic carbocycles. The van der Waals surface area contributed by atoms with Gasteiger partial charge in [-0.2, -0.15) is 10.4 Å². The predicted molar refractivity (Wildman–Crippen MR) is 62.1 cm³/mol. The maximum Gasteiger partial charge on any atom is 0.146 e. The predicted octanol–water partition coefficient (Wildman–Crippen LogP) is 1.55. The number of hydrogen-bond donors (Lipinski definition) is 2. The first-order valence-corrected chi connectivity index (χ1v) is 5.20. The second-order valence-electron chi connectivity index (χ2n) is 3.70. The first-order valence-electron chi connectivity index (χ1n) is 5.20. The van der Waals surface area contributed by atoms with Gasteiger partial charge in [0.05, 0.1) is 11.6 Å². The quantitative estimate of drug-likeness (QED) is 0.831. The minimum Gasteiger partial charge on any atom is -0.359 e. The molecule has 0 aliphatic heterocycles. The molecule has 17 heavy (non-hydrogen) atoms. The molecule has 0 spiro atoms. The van der Waals surface area contributed by atoms with Gasteiger partial charge in [0.1, 0.15) is 24.0 Å². The van der Waals surface area contributed by atoms with E-state index in [2.05, 4.69) is 31.6 Å². The van der Waals surface area contributed by atoms with Gasteiger partial charge in [-0.25, -0.2) is 9.97 Å². The largest absolute Gasteiger partial charge is 0.359 e. The van der Waals surface area contributed by atoms with E-state index >= 15 is 0 Å². The maximum absolute atomic E-state index is 9.08. The molecule has 0 bridgehead atoms. The van der Waals surface area contributed by atoms with Gasteiger partial charge in [-0.05, 0) is 25.5 Å². The van der Waals surface area contributed by atoms with Crippen LogP contribution < -0.4 is 5.32 Å². The third-order valence-corrected chi connectivity index (χ3v) is 2.47. The molecule has 6 nitrogen and oxygen atoms in total. The molecule has 2 heterocycles. The lowest BCUT2D eigenvalue weighted by molar-refractivity contribution is 0.789.